The van der Waals surface area contributed by atoms with E-state index in [0.29, 0.717) is 26.2 Å². The molecule has 0 aromatic carbocycles. The van der Waals surface area contributed by atoms with Crippen LogP contribution in [-0.2, 0) is 16.1 Å². The van der Waals surface area contributed by atoms with Gasteiger partial charge in [-0.3, -0.25) is 19.6 Å². The molecule has 1 aliphatic rings. The molecule has 7 heteroatoms. The lowest BCUT2D eigenvalue weighted by Gasteiger charge is -2.16. The van der Waals surface area contributed by atoms with Crippen LogP contribution in [0.5, 0.6) is 0 Å². The minimum atomic E-state index is -0.297. The van der Waals surface area contributed by atoms with Gasteiger partial charge in [-0.25, -0.2) is 0 Å². The van der Waals surface area contributed by atoms with Gasteiger partial charge in [-0.2, -0.15) is 0 Å². The summed E-state index contributed by atoms with van der Waals surface area (Å²) in [5.41, 5.74) is 2.90. The average molecular weight is 353 g/mol. The number of aryl methyl sites for hydroxylation is 1. The molecule has 0 radical (unpaired) electrons. The maximum atomic E-state index is 12.3. The van der Waals surface area contributed by atoms with Gasteiger partial charge < -0.3 is 15.5 Å². The summed E-state index contributed by atoms with van der Waals surface area (Å²) < 4.78 is 0. The third kappa shape index (κ3) is 4.56. The lowest BCUT2D eigenvalue weighted by molar-refractivity contribution is -0.129. The summed E-state index contributed by atoms with van der Waals surface area (Å²) in [5, 5.41) is 6.18. The fourth-order valence-electron chi connectivity index (χ4n) is 2.99. The standard InChI is InChI=1S/C19H23N5O2/c1-14-11-20-7-5-17(14)22-8-9-23-19(26)15-10-18(25)24(12-15)13-16-4-2-3-6-21-16/h2-7,11,15H,8-10,12-13H2,1H3,(H,20,22)(H,23,26)/t15-/m0/s1. The van der Waals surface area contributed by atoms with Gasteiger partial charge in [0.25, 0.3) is 0 Å². The fraction of sp³-hybridized carbons (Fsp3) is 0.368. The molecule has 136 valence electrons. The summed E-state index contributed by atoms with van der Waals surface area (Å²) in [6.45, 7) is 4.00. The maximum Gasteiger partial charge on any atom is 0.225 e. The summed E-state index contributed by atoms with van der Waals surface area (Å²) in [4.78, 5) is 34.5. The van der Waals surface area contributed by atoms with E-state index in [1.165, 1.54) is 0 Å². The van der Waals surface area contributed by atoms with Gasteiger partial charge >= 0.3 is 0 Å². The van der Waals surface area contributed by atoms with Crippen molar-refractivity contribution in [3.05, 3.63) is 54.1 Å². The highest BCUT2D eigenvalue weighted by Crippen LogP contribution is 2.19. The van der Waals surface area contributed by atoms with E-state index >= 15 is 0 Å². The second-order valence-electron chi connectivity index (χ2n) is 6.40. The van der Waals surface area contributed by atoms with Crippen LogP contribution >= 0.6 is 0 Å². The van der Waals surface area contributed by atoms with Gasteiger partial charge in [0, 0.05) is 50.3 Å². The first-order valence-electron chi connectivity index (χ1n) is 8.73. The Hall–Kier alpha value is -2.96. The quantitative estimate of drug-likeness (QED) is 0.734. The predicted octanol–water partition coefficient (Wildman–Crippen LogP) is 1.36. The molecule has 3 rings (SSSR count). The van der Waals surface area contributed by atoms with Gasteiger partial charge in [-0.05, 0) is 30.7 Å². The normalized spacial score (nSPS) is 16.6. The van der Waals surface area contributed by atoms with Crippen molar-refractivity contribution >= 4 is 17.5 Å². The molecule has 7 nitrogen and oxygen atoms in total. The van der Waals surface area contributed by atoms with E-state index in [0.717, 1.165) is 16.9 Å². The number of likely N-dealkylation sites (tertiary alicyclic amines) is 1. The molecule has 26 heavy (non-hydrogen) atoms. The summed E-state index contributed by atoms with van der Waals surface area (Å²) in [6, 6.07) is 7.52. The van der Waals surface area contributed by atoms with Crippen molar-refractivity contribution in [3.63, 3.8) is 0 Å². The highest BCUT2D eigenvalue weighted by molar-refractivity contribution is 5.89. The van der Waals surface area contributed by atoms with Crippen molar-refractivity contribution in [2.45, 2.75) is 19.9 Å². The van der Waals surface area contributed by atoms with E-state index in [9.17, 15) is 9.59 Å². The van der Waals surface area contributed by atoms with Crippen LogP contribution in [0.4, 0.5) is 5.69 Å². The number of anilines is 1. The Morgan fingerprint density at radius 2 is 2.15 bits per heavy atom. The molecule has 2 aromatic heterocycles. The van der Waals surface area contributed by atoms with Gasteiger partial charge in [-0.1, -0.05) is 6.07 Å². The van der Waals surface area contributed by atoms with Crippen molar-refractivity contribution < 1.29 is 9.59 Å². The van der Waals surface area contributed by atoms with Gasteiger partial charge in [-0.15, -0.1) is 0 Å². The van der Waals surface area contributed by atoms with Crippen molar-refractivity contribution in [2.24, 2.45) is 5.92 Å². The first-order valence-corrected chi connectivity index (χ1v) is 8.73. The monoisotopic (exact) mass is 353 g/mol. The van der Waals surface area contributed by atoms with Gasteiger partial charge in [0.2, 0.25) is 11.8 Å². The molecule has 1 aliphatic heterocycles. The number of carbonyl (C=O) groups is 2. The van der Waals surface area contributed by atoms with E-state index < -0.39 is 0 Å². The highest BCUT2D eigenvalue weighted by atomic mass is 16.2. The summed E-state index contributed by atoms with van der Waals surface area (Å²) in [6.07, 6.45) is 5.49. The third-order valence-corrected chi connectivity index (χ3v) is 4.42. The zero-order valence-electron chi connectivity index (χ0n) is 14.8. The summed E-state index contributed by atoms with van der Waals surface area (Å²) >= 11 is 0. The van der Waals surface area contributed by atoms with Crippen molar-refractivity contribution in [1.82, 2.24) is 20.2 Å². The summed E-state index contributed by atoms with van der Waals surface area (Å²) in [5.74, 6) is -0.370. The van der Waals surface area contributed by atoms with Crippen LogP contribution in [0.25, 0.3) is 0 Å². The van der Waals surface area contributed by atoms with Crippen molar-refractivity contribution in [1.29, 1.82) is 0 Å². The molecule has 2 amide bonds. The minimum absolute atomic E-state index is 0.00124. The zero-order valence-corrected chi connectivity index (χ0v) is 14.8. The van der Waals surface area contributed by atoms with Crippen LogP contribution in [0.2, 0.25) is 0 Å². The molecule has 1 fully saturated rings. The number of carbonyl (C=O) groups excluding carboxylic acids is 2. The second kappa shape index (κ2) is 8.42. The van der Waals surface area contributed by atoms with E-state index in [1.807, 2.05) is 31.2 Å². The zero-order chi connectivity index (χ0) is 18.4. The van der Waals surface area contributed by atoms with Crippen LogP contribution < -0.4 is 10.6 Å². The van der Waals surface area contributed by atoms with Gasteiger partial charge in [0.1, 0.15) is 0 Å². The molecule has 2 aromatic rings. The van der Waals surface area contributed by atoms with Crippen LogP contribution in [0.15, 0.2) is 42.9 Å². The van der Waals surface area contributed by atoms with E-state index in [-0.39, 0.29) is 24.2 Å². The van der Waals surface area contributed by atoms with Gasteiger partial charge in [0.15, 0.2) is 0 Å². The molecule has 0 aliphatic carbocycles. The Balaban J connectivity index is 1.42. The lowest BCUT2D eigenvalue weighted by atomic mass is 10.1. The number of pyridine rings is 2. The highest BCUT2D eigenvalue weighted by Gasteiger charge is 2.34. The Labute approximate surface area is 152 Å². The number of nitrogens with one attached hydrogen (secondary N) is 2. The Morgan fingerprint density at radius 3 is 2.92 bits per heavy atom. The molecule has 1 saturated heterocycles. The third-order valence-electron chi connectivity index (χ3n) is 4.42. The molecule has 0 saturated carbocycles. The van der Waals surface area contributed by atoms with Crippen LogP contribution in [0.1, 0.15) is 17.7 Å². The molecule has 3 heterocycles. The van der Waals surface area contributed by atoms with Crippen LogP contribution in [0, 0.1) is 12.8 Å². The van der Waals surface area contributed by atoms with Crippen molar-refractivity contribution in [2.75, 3.05) is 25.0 Å². The number of amides is 2. The Morgan fingerprint density at radius 1 is 1.27 bits per heavy atom. The number of hydrogen-bond acceptors (Lipinski definition) is 5. The van der Waals surface area contributed by atoms with Crippen LogP contribution in [-0.4, -0.2) is 46.3 Å². The molecular formula is C19H23N5O2. The second-order valence-corrected chi connectivity index (χ2v) is 6.40. The molecule has 2 N–H and O–H groups in total. The number of hydrogen-bond donors (Lipinski definition) is 2. The van der Waals surface area contributed by atoms with Gasteiger partial charge in [0.05, 0.1) is 18.2 Å². The Bertz CT molecular complexity index is 766. The smallest absolute Gasteiger partial charge is 0.225 e. The first-order chi connectivity index (χ1) is 12.6. The van der Waals surface area contributed by atoms with E-state index in [4.69, 9.17) is 0 Å². The van der Waals surface area contributed by atoms with Crippen LogP contribution in [0.3, 0.4) is 0 Å². The minimum Gasteiger partial charge on any atom is -0.383 e. The largest absolute Gasteiger partial charge is 0.383 e. The molecule has 1 atom stereocenters. The fourth-order valence-corrected chi connectivity index (χ4v) is 2.99. The molecule has 0 bridgehead atoms. The average Bonchev–Trinajstić information content (AvgIpc) is 3.01. The first kappa shape index (κ1) is 17.8. The van der Waals surface area contributed by atoms with E-state index in [2.05, 4.69) is 20.6 Å². The summed E-state index contributed by atoms with van der Waals surface area (Å²) in [7, 11) is 0. The molecule has 0 unspecified atom stereocenters. The topological polar surface area (TPSA) is 87.2 Å². The predicted molar refractivity (Wildman–Crippen MR) is 98.2 cm³/mol. The Kier molecular flexibility index (Phi) is 5.78. The number of aromatic nitrogens is 2. The molecule has 0 spiro atoms. The van der Waals surface area contributed by atoms with Crippen molar-refractivity contribution in [3.8, 4) is 0 Å². The number of rotatable bonds is 7. The molecular weight excluding hydrogens is 330 g/mol. The SMILES string of the molecule is Cc1cnccc1NCCNC(=O)[C@H]1CC(=O)N(Cc2ccccn2)C1. The lowest BCUT2D eigenvalue weighted by Crippen LogP contribution is -2.35. The number of nitrogens with zero attached hydrogens (tertiary/aromatic N) is 3. The van der Waals surface area contributed by atoms with E-state index in [1.54, 1.807) is 23.5 Å². The maximum absolute atomic E-state index is 12.3.